The number of ether oxygens (including phenoxy) is 2. The van der Waals surface area contributed by atoms with Gasteiger partial charge in [-0.2, -0.15) is 5.10 Å². The van der Waals surface area contributed by atoms with Crippen molar-refractivity contribution in [3.63, 3.8) is 0 Å². The summed E-state index contributed by atoms with van der Waals surface area (Å²) in [5.74, 6) is 0.552. The van der Waals surface area contributed by atoms with Crippen LogP contribution in [0.4, 0.5) is 0 Å². The van der Waals surface area contributed by atoms with Crippen LogP contribution in [0.3, 0.4) is 0 Å². The van der Waals surface area contributed by atoms with Crippen molar-refractivity contribution in [1.29, 1.82) is 0 Å². The smallest absolute Gasteiger partial charge is 0.224 e. The first-order valence-corrected chi connectivity index (χ1v) is 8.43. The topological polar surface area (TPSA) is 85.6 Å². The Labute approximate surface area is 146 Å². The largest absolute Gasteiger partial charge is 0.482 e. The molecule has 7 nitrogen and oxygen atoms in total. The quantitative estimate of drug-likeness (QED) is 0.779. The van der Waals surface area contributed by atoms with Gasteiger partial charge in [0.2, 0.25) is 5.91 Å². The molecule has 1 amide bonds. The molecule has 1 fully saturated rings. The average Bonchev–Trinajstić information content (AvgIpc) is 3.25. The molecule has 2 heterocycles. The molecule has 2 N–H and O–H groups in total. The van der Waals surface area contributed by atoms with Gasteiger partial charge in [-0.25, -0.2) is 0 Å². The van der Waals surface area contributed by atoms with Crippen LogP contribution in [0.15, 0.2) is 36.7 Å². The number of aliphatic hydroxyl groups is 1. The standard InChI is InChI=1S/C18H23N3O4/c1-2-21-9-15(8-19-21)25-17-12-24-11-16(17)20-18(23)7-13-5-3-4-6-14(13)10-22/h3-6,8-9,16-17,22H,2,7,10-12H2,1H3,(H,20,23)/t16-,17+/m0/s1. The Hall–Kier alpha value is -2.38. The summed E-state index contributed by atoms with van der Waals surface area (Å²) in [4.78, 5) is 12.4. The number of hydrogen-bond donors (Lipinski definition) is 2. The first kappa shape index (κ1) is 17.4. The number of nitrogens with one attached hydrogen (secondary N) is 1. The van der Waals surface area contributed by atoms with Crippen molar-refractivity contribution in [3.05, 3.63) is 47.8 Å². The summed E-state index contributed by atoms with van der Waals surface area (Å²) in [5, 5.41) is 16.5. The van der Waals surface area contributed by atoms with Gasteiger partial charge in [-0.15, -0.1) is 0 Å². The molecule has 0 aliphatic carbocycles. The minimum Gasteiger partial charge on any atom is -0.482 e. The molecule has 2 atom stereocenters. The second-order valence-electron chi connectivity index (χ2n) is 6.00. The molecule has 1 aromatic carbocycles. The van der Waals surface area contributed by atoms with Crippen molar-refractivity contribution in [2.24, 2.45) is 0 Å². The van der Waals surface area contributed by atoms with Crippen LogP contribution in [0, 0.1) is 0 Å². The number of aromatic nitrogens is 2. The summed E-state index contributed by atoms with van der Waals surface area (Å²) in [6.07, 6.45) is 3.46. The molecular formula is C18H23N3O4. The molecule has 0 radical (unpaired) electrons. The van der Waals surface area contributed by atoms with E-state index in [0.717, 1.165) is 17.7 Å². The van der Waals surface area contributed by atoms with E-state index in [9.17, 15) is 9.90 Å². The van der Waals surface area contributed by atoms with E-state index in [0.29, 0.717) is 19.0 Å². The Bertz CT molecular complexity index is 716. The van der Waals surface area contributed by atoms with Crippen LogP contribution in [0.1, 0.15) is 18.1 Å². The Morgan fingerprint density at radius 3 is 2.92 bits per heavy atom. The van der Waals surface area contributed by atoms with E-state index in [4.69, 9.17) is 9.47 Å². The highest BCUT2D eigenvalue weighted by Gasteiger charge is 2.31. The van der Waals surface area contributed by atoms with Crippen LogP contribution < -0.4 is 10.1 Å². The minimum absolute atomic E-state index is 0.0802. The zero-order valence-corrected chi connectivity index (χ0v) is 14.2. The summed E-state index contributed by atoms with van der Waals surface area (Å²) in [6.45, 7) is 3.54. The predicted molar refractivity (Wildman–Crippen MR) is 91.1 cm³/mol. The Kier molecular flexibility index (Phi) is 5.67. The van der Waals surface area contributed by atoms with Crippen molar-refractivity contribution in [2.45, 2.75) is 38.6 Å². The molecule has 0 unspecified atom stereocenters. The second kappa shape index (κ2) is 8.13. The summed E-state index contributed by atoms with van der Waals surface area (Å²) in [6, 6.07) is 7.16. The lowest BCUT2D eigenvalue weighted by molar-refractivity contribution is -0.121. The number of nitrogens with zero attached hydrogens (tertiary/aromatic N) is 2. The fraction of sp³-hybridized carbons (Fsp3) is 0.444. The number of carbonyl (C=O) groups excluding carboxylic acids is 1. The molecule has 1 saturated heterocycles. The van der Waals surface area contributed by atoms with Crippen LogP contribution in [0.5, 0.6) is 5.75 Å². The maximum atomic E-state index is 12.4. The van der Waals surface area contributed by atoms with Crippen LogP contribution in [0.25, 0.3) is 0 Å². The van der Waals surface area contributed by atoms with E-state index in [-0.39, 0.29) is 31.1 Å². The van der Waals surface area contributed by atoms with Crippen LogP contribution in [-0.2, 0) is 29.1 Å². The van der Waals surface area contributed by atoms with Crippen molar-refractivity contribution < 1.29 is 19.4 Å². The van der Waals surface area contributed by atoms with Crippen molar-refractivity contribution >= 4 is 5.91 Å². The monoisotopic (exact) mass is 345 g/mol. The molecule has 3 rings (SSSR count). The fourth-order valence-corrected chi connectivity index (χ4v) is 2.85. The number of rotatable bonds is 7. The molecule has 2 aromatic rings. The van der Waals surface area contributed by atoms with Crippen molar-refractivity contribution in [2.75, 3.05) is 13.2 Å². The third kappa shape index (κ3) is 4.37. The lowest BCUT2D eigenvalue weighted by Gasteiger charge is -2.20. The van der Waals surface area contributed by atoms with Crippen molar-refractivity contribution in [3.8, 4) is 5.75 Å². The van der Waals surface area contributed by atoms with E-state index in [1.54, 1.807) is 10.9 Å². The number of amides is 1. The first-order valence-electron chi connectivity index (χ1n) is 8.43. The number of aliphatic hydroxyl groups excluding tert-OH is 1. The molecule has 25 heavy (non-hydrogen) atoms. The molecule has 1 aliphatic heterocycles. The van der Waals surface area contributed by atoms with E-state index in [2.05, 4.69) is 10.4 Å². The minimum atomic E-state index is -0.244. The normalized spacial score (nSPS) is 19.8. The maximum Gasteiger partial charge on any atom is 0.224 e. The van der Waals surface area contributed by atoms with Crippen LogP contribution in [-0.4, -0.2) is 46.2 Å². The lowest BCUT2D eigenvalue weighted by Crippen LogP contribution is -2.45. The molecular weight excluding hydrogens is 322 g/mol. The van der Waals surface area contributed by atoms with Gasteiger partial charge in [0.15, 0.2) is 5.75 Å². The zero-order valence-electron chi connectivity index (χ0n) is 14.2. The predicted octanol–water partition coefficient (Wildman–Crippen LogP) is 0.900. The van der Waals surface area contributed by atoms with Crippen LogP contribution in [0.2, 0.25) is 0 Å². The Morgan fingerprint density at radius 1 is 1.40 bits per heavy atom. The highest BCUT2D eigenvalue weighted by atomic mass is 16.5. The van der Waals surface area contributed by atoms with E-state index in [1.165, 1.54) is 0 Å². The van der Waals surface area contributed by atoms with Crippen LogP contribution >= 0.6 is 0 Å². The molecule has 0 spiro atoms. The van der Waals surface area contributed by atoms with Gasteiger partial charge in [-0.3, -0.25) is 9.48 Å². The third-order valence-corrected chi connectivity index (χ3v) is 4.24. The SMILES string of the molecule is CCn1cc(O[C@@H]2COC[C@@H]2NC(=O)Cc2ccccc2CO)cn1. The molecule has 1 aliphatic rings. The number of carbonyl (C=O) groups is 1. The van der Waals surface area contributed by atoms with E-state index >= 15 is 0 Å². The summed E-state index contributed by atoms with van der Waals surface area (Å²) >= 11 is 0. The van der Waals surface area contributed by atoms with Gasteiger partial charge in [0, 0.05) is 6.54 Å². The van der Waals surface area contributed by atoms with Gasteiger partial charge in [0.1, 0.15) is 6.10 Å². The Morgan fingerprint density at radius 2 is 2.20 bits per heavy atom. The maximum absolute atomic E-state index is 12.4. The zero-order chi connectivity index (χ0) is 17.6. The highest BCUT2D eigenvalue weighted by molar-refractivity contribution is 5.79. The van der Waals surface area contributed by atoms with Gasteiger partial charge in [-0.1, -0.05) is 24.3 Å². The van der Waals surface area contributed by atoms with E-state index < -0.39 is 0 Å². The number of aryl methyl sites for hydroxylation is 1. The molecule has 1 aromatic heterocycles. The van der Waals surface area contributed by atoms with Gasteiger partial charge in [0.25, 0.3) is 0 Å². The fourth-order valence-electron chi connectivity index (χ4n) is 2.85. The molecule has 0 saturated carbocycles. The average molecular weight is 345 g/mol. The lowest BCUT2D eigenvalue weighted by atomic mass is 10.0. The Balaban J connectivity index is 1.58. The molecule has 134 valence electrons. The first-order chi connectivity index (χ1) is 12.2. The third-order valence-electron chi connectivity index (χ3n) is 4.24. The second-order valence-corrected chi connectivity index (χ2v) is 6.00. The highest BCUT2D eigenvalue weighted by Crippen LogP contribution is 2.17. The van der Waals surface area contributed by atoms with Gasteiger partial charge >= 0.3 is 0 Å². The summed E-state index contributed by atoms with van der Waals surface area (Å²) in [7, 11) is 0. The van der Waals surface area contributed by atoms with Gasteiger partial charge in [-0.05, 0) is 18.1 Å². The van der Waals surface area contributed by atoms with Gasteiger partial charge in [0.05, 0.1) is 44.7 Å². The molecule has 0 bridgehead atoms. The summed E-state index contributed by atoms with van der Waals surface area (Å²) < 4.78 is 13.1. The molecule has 7 heteroatoms. The van der Waals surface area contributed by atoms with Gasteiger partial charge < -0.3 is 19.9 Å². The number of hydrogen-bond acceptors (Lipinski definition) is 5. The van der Waals surface area contributed by atoms with Crippen molar-refractivity contribution in [1.82, 2.24) is 15.1 Å². The summed E-state index contributed by atoms with van der Waals surface area (Å²) in [5.41, 5.74) is 1.59. The van der Waals surface area contributed by atoms with E-state index in [1.807, 2.05) is 37.4 Å². The number of benzene rings is 1.